The Morgan fingerprint density at radius 3 is 2.39 bits per heavy atom. The van der Waals surface area contributed by atoms with Crippen molar-refractivity contribution >= 4 is 45.0 Å². The first-order chi connectivity index (χ1) is 8.58. The molecule has 2 atom stereocenters. The van der Waals surface area contributed by atoms with E-state index in [0.29, 0.717) is 17.1 Å². The zero-order valence-corrected chi connectivity index (χ0v) is 11.9. The lowest BCUT2D eigenvalue weighted by atomic mass is 9.96. The number of hydrogen-bond acceptors (Lipinski definition) is 2. The first-order valence-corrected chi connectivity index (χ1v) is 7.08. The van der Waals surface area contributed by atoms with E-state index in [1.54, 1.807) is 18.2 Å². The lowest BCUT2D eigenvalue weighted by Crippen LogP contribution is -2.46. The third-order valence-electron chi connectivity index (χ3n) is 3.72. The molecule has 3 rings (SSSR count). The van der Waals surface area contributed by atoms with Gasteiger partial charge in [0, 0.05) is 21.3 Å². The Morgan fingerprint density at radius 1 is 1.17 bits per heavy atom. The molecule has 18 heavy (non-hydrogen) atoms. The second kappa shape index (κ2) is 4.35. The van der Waals surface area contributed by atoms with Gasteiger partial charge in [0.15, 0.2) is 0 Å². The molecule has 94 valence electrons. The summed E-state index contributed by atoms with van der Waals surface area (Å²) < 4.78 is 0.718. The number of piperidine rings is 1. The number of rotatable bonds is 1. The monoisotopic (exact) mass is 327 g/mol. The molecule has 5 heteroatoms. The molecule has 1 aromatic rings. The summed E-state index contributed by atoms with van der Waals surface area (Å²) in [6, 6.07) is 5.14. The normalized spacial score (nSPS) is 26.9. The molecule has 0 radical (unpaired) electrons. The Morgan fingerprint density at radius 2 is 1.78 bits per heavy atom. The van der Waals surface area contributed by atoms with Crippen LogP contribution in [0.3, 0.4) is 0 Å². The maximum absolute atomic E-state index is 12.3. The number of amides is 2. The van der Waals surface area contributed by atoms with Crippen LogP contribution in [0, 0.1) is 11.8 Å². The number of nitrogens with zero attached hydrogens (tertiary/aromatic N) is 1. The largest absolute Gasteiger partial charge is 0.274 e. The molecule has 0 N–H and O–H groups in total. The van der Waals surface area contributed by atoms with Gasteiger partial charge in [-0.05, 0) is 53.4 Å². The quantitative estimate of drug-likeness (QED) is 0.741. The first kappa shape index (κ1) is 12.2. The van der Waals surface area contributed by atoms with Gasteiger partial charge in [-0.3, -0.25) is 9.59 Å². The smallest absolute Gasteiger partial charge is 0.236 e. The highest BCUT2D eigenvalue weighted by Crippen LogP contribution is 2.42. The van der Waals surface area contributed by atoms with Crippen molar-refractivity contribution in [3.63, 3.8) is 0 Å². The predicted octanol–water partition coefficient (Wildman–Crippen LogP) is 3.39. The van der Waals surface area contributed by atoms with Crippen molar-refractivity contribution in [1.29, 1.82) is 0 Å². The Kier molecular flexibility index (Phi) is 2.94. The molecule has 2 bridgehead atoms. The van der Waals surface area contributed by atoms with Crippen LogP contribution in [0.15, 0.2) is 22.7 Å². The summed E-state index contributed by atoms with van der Waals surface area (Å²) in [6.07, 6.45) is 2.36. The van der Waals surface area contributed by atoms with Crippen molar-refractivity contribution in [1.82, 2.24) is 0 Å². The summed E-state index contributed by atoms with van der Waals surface area (Å²) in [4.78, 5) is 25.9. The van der Waals surface area contributed by atoms with E-state index in [1.807, 2.05) is 0 Å². The van der Waals surface area contributed by atoms with Gasteiger partial charge in [-0.15, -0.1) is 0 Å². The molecule has 0 aromatic heterocycles. The molecule has 1 aromatic carbocycles. The second-order valence-electron chi connectivity index (χ2n) is 4.81. The summed E-state index contributed by atoms with van der Waals surface area (Å²) in [7, 11) is 0. The predicted molar refractivity (Wildman–Crippen MR) is 72.5 cm³/mol. The van der Waals surface area contributed by atoms with Gasteiger partial charge in [0.1, 0.15) is 0 Å². The van der Waals surface area contributed by atoms with Gasteiger partial charge in [0.05, 0.1) is 5.69 Å². The lowest BCUT2D eigenvalue weighted by Gasteiger charge is -2.30. The standard InChI is InChI=1S/C13H11BrClNO2/c14-10-4-3-9(15)6-11(10)16-12(17)7-1-2-8(5-7)13(16)18/h3-4,6-8H,1-2,5H2. The maximum Gasteiger partial charge on any atom is 0.236 e. The van der Waals surface area contributed by atoms with E-state index in [-0.39, 0.29) is 23.7 Å². The fourth-order valence-electron chi connectivity index (χ4n) is 2.80. The van der Waals surface area contributed by atoms with Crippen molar-refractivity contribution in [2.24, 2.45) is 11.8 Å². The fraction of sp³-hybridized carbons (Fsp3) is 0.385. The Balaban J connectivity index is 2.07. The molecule has 3 nitrogen and oxygen atoms in total. The molecule has 2 amide bonds. The maximum atomic E-state index is 12.3. The van der Waals surface area contributed by atoms with E-state index in [0.717, 1.165) is 17.3 Å². The third-order valence-corrected chi connectivity index (χ3v) is 4.63. The summed E-state index contributed by atoms with van der Waals surface area (Å²) >= 11 is 9.33. The number of carbonyl (C=O) groups is 2. The molecule has 1 heterocycles. The minimum atomic E-state index is -0.0864. The van der Waals surface area contributed by atoms with Crippen molar-refractivity contribution in [3.8, 4) is 0 Å². The van der Waals surface area contributed by atoms with E-state index in [9.17, 15) is 9.59 Å². The topological polar surface area (TPSA) is 37.4 Å². The van der Waals surface area contributed by atoms with Gasteiger partial charge < -0.3 is 0 Å². The minimum absolute atomic E-state index is 0.00131. The van der Waals surface area contributed by atoms with Crippen LogP contribution in [0.2, 0.25) is 5.02 Å². The summed E-state index contributed by atoms with van der Waals surface area (Å²) in [5.74, 6) is -0.175. The number of imide groups is 1. The molecule has 0 spiro atoms. The Labute approximate surface area is 118 Å². The van der Waals surface area contributed by atoms with Crippen molar-refractivity contribution in [2.75, 3.05) is 4.90 Å². The molecular weight excluding hydrogens is 318 g/mol. The zero-order chi connectivity index (χ0) is 12.9. The first-order valence-electron chi connectivity index (χ1n) is 5.91. The van der Waals surface area contributed by atoms with Crippen molar-refractivity contribution in [2.45, 2.75) is 19.3 Å². The van der Waals surface area contributed by atoms with Gasteiger partial charge in [-0.2, -0.15) is 0 Å². The molecule has 2 unspecified atom stereocenters. The number of fused-ring (bicyclic) bond motifs is 2. The molecule has 2 fully saturated rings. The second-order valence-corrected chi connectivity index (χ2v) is 6.11. The van der Waals surface area contributed by atoms with Crippen molar-refractivity contribution in [3.05, 3.63) is 27.7 Å². The number of hydrogen-bond donors (Lipinski definition) is 0. The van der Waals surface area contributed by atoms with Crippen LogP contribution in [-0.2, 0) is 9.59 Å². The van der Waals surface area contributed by atoms with Crippen LogP contribution in [0.25, 0.3) is 0 Å². The average Bonchev–Trinajstić information content (AvgIpc) is 2.78. The molecule has 1 saturated heterocycles. The highest BCUT2D eigenvalue weighted by atomic mass is 79.9. The van der Waals surface area contributed by atoms with E-state index in [2.05, 4.69) is 15.9 Å². The van der Waals surface area contributed by atoms with Crippen LogP contribution in [0.5, 0.6) is 0 Å². The van der Waals surface area contributed by atoms with Gasteiger partial charge in [-0.1, -0.05) is 11.6 Å². The highest BCUT2D eigenvalue weighted by molar-refractivity contribution is 9.10. The summed E-state index contributed by atoms with van der Waals surface area (Å²) in [5.41, 5.74) is 0.564. The van der Waals surface area contributed by atoms with Gasteiger partial charge >= 0.3 is 0 Å². The number of anilines is 1. The molecule has 1 saturated carbocycles. The van der Waals surface area contributed by atoms with Gasteiger partial charge in [-0.25, -0.2) is 4.90 Å². The van der Waals surface area contributed by atoms with Crippen LogP contribution >= 0.6 is 27.5 Å². The summed E-state index contributed by atoms with van der Waals surface area (Å²) in [6.45, 7) is 0. The number of carbonyl (C=O) groups excluding carboxylic acids is 2. The van der Waals surface area contributed by atoms with E-state index in [1.165, 1.54) is 4.90 Å². The Bertz CT molecular complexity index is 524. The van der Waals surface area contributed by atoms with Crippen LogP contribution in [0.4, 0.5) is 5.69 Å². The fourth-order valence-corrected chi connectivity index (χ4v) is 3.39. The zero-order valence-electron chi connectivity index (χ0n) is 9.53. The van der Waals surface area contributed by atoms with E-state index < -0.39 is 0 Å². The molecule has 1 aliphatic carbocycles. The third kappa shape index (κ3) is 1.79. The SMILES string of the molecule is O=C1C2CCC(C2)C(=O)N1c1cc(Cl)ccc1Br. The number of halogens is 2. The van der Waals surface area contributed by atoms with Crippen LogP contribution < -0.4 is 4.90 Å². The van der Waals surface area contributed by atoms with E-state index in [4.69, 9.17) is 11.6 Å². The summed E-state index contributed by atoms with van der Waals surface area (Å²) in [5, 5.41) is 0.520. The minimum Gasteiger partial charge on any atom is -0.274 e. The molecular formula is C13H11BrClNO2. The highest BCUT2D eigenvalue weighted by Gasteiger charge is 2.46. The molecule has 2 aliphatic rings. The Hall–Kier alpha value is -0.870. The van der Waals surface area contributed by atoms with E-state index >= 15 is 0 Å². The van der Waals surface area contributed by atoms with Gasteiger partial charge in [0.25, 0.3) is 0 Å². The van der Waals surface area contributed by atoms with Crippen molar-refractivity contribution < 1.29 is 9.59 Å². The average molecular weight is 329 g/mol. The van der Waals surface area contributed by atoms with Crippen LogP contribution in [0.1, 0.15) is 19.3 Å². The van der Waals surface area contributed by atoms with Gasteiger partial charge in [0.2, 0.25) is 11.8 Å². The van der Waals surface area contributed by atoms with Crippen LogP contribution in [-0.4, -0.2) is 11.8 Å². The molecule has 1 aliphatic heterocycles. The number of benzene rings is 1. The lowest BCUT2D eigenvalue weighted by molar-refractivity contribution is -0.133.